The first-order valence-electron chi connectivity index (χ1n) is 7.23. The van der Waals surface area contributed by atoms with Gasteiger partial charge in [-0.25, -0.2) is 0 Å². The lowest BCUT2D eigenvalue weighted by atomic mass is 10.1. The van der Waals surface area contributed by atoms with Crippen LogP contribution in [0.3, 0.4) is 0 Å². The second-order valence-electron chi connectivity index (χ2n) is 4.87. The molecule has 0 unspecified atom stereocenters. The summed E-state index contributed by atoms with van der Waals surface area (Å²) in [6.45, 7) is 2.86. The summed E-state index contributed by atoms with van der Waals surface area (Å²) in [6.07, 6.45) is 0. The third-order valence-corrected chi connectivity index (χ3v) is 3.30. The Hall–Kier alpha value is -3.31. The molecule has 1 amide bonds. The second kappa shape index (κ2) is 7.63. The van der Waals surface area contributed by atoms with Gasteiger partial charge in [0, 0.05) is 18.7 Å². The molecule has 114 valence electrons. The third-order valence-electron chi connectivity index (χ3n) is 3.30. The van der Waals surface area contributed by atoms with Crippen molar-refractivity contribution in [1.29, 1.82) is 10.5 Å². The van der Waals surface area contributed by atoms with Crippen molar-refractivity contribution < 1.29 is 4.79 Å². The van der Waals surface area contributed by atoms with Crippen molar-refractivity contribution >= 4 is 11.6 Å². The minimum absolute atomic E-state index is 0.121. The van der Waals surface area contributed by atoms with Gasteiger partial charge in [-0.05, 0) is 36.8 Å². The summed E-state index contributed by atoms with van der Waals surface area (Å²) in [5, 5.41) is 24.2. The summed E-state index contributed by atoms with van der Waals surface area (Å²) in [6, 6.07) is 16.4. The van der Waals surface area contributed by atoms with Crippen molar-refractivity contribution in [2.24, 2.45) is 0 Å². The first-order valence-corrected chi connectivity index (χ1v) is 7.23. The standard InChI is InChI=1S/C18H16N4O/c1-2-21-18(23)14-6-3-5-13(9-14)12-22-17-15(10-19)7-4-8-16(17)11-20/h3-9,22H,2,12H2,1H3,(H,21,23). The van der Waals surface area contributed by atoms with Crippen LogP contribution in [0.25, 0.3) is 0 Å². The molecule has 0 radical (unpaired) electrons. The molecule has 0 saturated carbocycles. The number of hydrogen-bond donors (Lipinski definition) is 2. The van der Waals surface area contributed by atoms with Gasteiger partial charge in [-0.2, -0.15) is 10.5 Å². The van der Waals surface area contributed by atoms with E-state index in [4.69, 9.17) is 10.5 Å². The maximum Gasteiger partial charge on any atom is 0.251 e. The summed E-state index contributed by atoms with van der Waals surface area (Å²) in [5.74, 6) is -0.121. The normalized spacial score (nSPS) is 9.52. The summed E-state index contributed by atoms with van der Waals surface area (Å²) in [4.78, 5) is 11.9. The van der Waals surface area contributed by atoms with Crippen molar-refractivity contribution in [3.05, 3.63) is 64.7 Å². The van der Waals surface area contributed by atoms with Crippen LogP contribution in [0.15, 0.2) is 42.5 Å². The van der Waals surface area contributed by atoms with E-state index in [-0.39, 0.29) is 5.91 Å². The molecule has 0 aliphatic rings. The number of hydrogen-bond acceptors (Lipinski definition) is 4. The largest absolute Gasteiger partial charge is 0.379 e. The van der Waals surface area contributed by atoms with Crippen molar-refractivity contribution in [3.8, 4) is 12.1 Å². The van der Waals surface area contributed by atoms with Crippen LogP contribution in [0, 0.1) is 22.7 Å². The number of anilines is 1. The maximum atomic E-state index is 11.9. The minimum atomic E-state index is -0.121. The van der Waals surface area contributed by atoms with Gasteiger partial charge in [0.1, 0.15) is 12.1 Å². The fraction of sp³-hybridized carbons (Fsp3) is 0.167. The van der Waals surface area contributed by atoms with Gasteiger partial charge in [0.2, 0.25) is 0 Å². The Labute approximate surface area is 135 Å². The van der Waals surface area contributed by atoms with E-state index in [0.29, 0.717) is 35.5 Å². The SMILES string of the molecule is CCNC(=O)c1cccc(CNc2c(C#N)cccc2C#N)c1. The van der Waals surface area contributed by atoms with Crippen molar-refractivity contribution in [2.75, 3.05) is 11.9 Å². The number of nitrogens with one attached hydrogen (secondary N) is 2. The van der Waals surface area contributed by atoms with Gasteiger partial charge >= 0.3 is 0 Å². The Kier molecular flexibility index (Phi) is 5.33. The molecule has 0 saturated heterocycles. The molecule has 2 aromatic rings. The summed E-state index contributed by atoms with van der Waals surface area (Å²) in [7, 11) is 0. The number of nitrogens with zero attached hydrogens (tertiary/aromatic N) is 2. The minimum Gasteiger partial charge on any atom is -0.379 e. The molecule has 0 aliphatic carbocycles. The third kappa shape index (κ3) is 3.87. The molecule has 0 bridgehead atoms. The molecule has 5 heteroatoms. The highest BCUT2D eigenvalue weighted by molar-refractivity contribution is 5.94. The molecule has 0 fully saturated rings. The highest BCUT2D eigenvalue weighted by Gasteiger charge is 2.09. The number of benzene rings is 2. The Morgan fingerprint density at radius 1 is 1.09 bits per heavy atom. The van der Waals surface area contributed by atoms with Gasteiger partial charge in [0.15, 0.2) is 0 Å². The summed E-state index contributed by atoms with van der Waals surface area (Å²) < 4.78 is 0. The van der Waals surface area contributed by atoms with E-state index in [1.165, 1.54) is 0 Å². The van der Waals surface area contributed by atoms with E-state index in [0.717, 1.165) is 5.56 Å². The number of carbonyl (C=O) groups excluding carboxylic acids is 1. The van der Waals surface area contributed by atoms with Gasteiger partial charge < -0.3 is 10.6 Å². The van der Waals surface area contributed by atoms with Crippen LogP contribution in [-0.4, -0.2) is 12.5 Å². The van der Waals surface area contributed by atoms with Crippen molar-refractivity contribution in [1.82, 2.24) is 5.32 Å². The van der Waals surface area contributed by atoms with E-state index in [1.54, 1.807) is 30.3 Å². The molecule has 5 nitrogen and oxygen atoms in total. The molecular formula is C18H16N4O. The van der Waals surface area contributed by atoms with E-state index < -0.39 is 0 Å². The van der Waals surface area contributed by atoms with Crippen LogP contribution in [-0.2, 0) is 6.54 Å². The van der Waals surface area contributed by atoms with Crippen molar-refractivity contribution in [2.45, 2.75) is 13.5 Å². The predicted octanol–water partition coefficient (Wildman–Crippen LogP) is 2.79. The Bertz CT molecular complexity index is 767. The van der Waals surface area contributed by atoms with Crippen LogP contribution in [0.4, 0.5) is 5.69 Å². The van der Waals surface area contributed by atoms with Crippen molar-refractivity contribution in [3.63, 3.8) is 0 Å². The van der Waals surface area contributed by atoms with Gasteiger partial charge in [0.05, 0.1) is 16.8 Å². The maximum absolute atomic E-state index is 11.9. The van der Waals surface area contributed by atoms with Gasteiger partial charge in [-0.1, -0.05) is 18.2 Å². The van der Waals surface area contributed by atoms with Crippen LogP contribution >= 0.6 is 0 Å². The molecule has 2 rings (SSSR count). The summed E-state index contributed by atoms with van der Waals surface area (Å²) >= 11 is 0. The zero-order chi connectivity index (χ0) is 16.7. The lowest BCUT2D eigenvalue weighted by Gasteiger charge is -2.11. The quantitative estimate of drug-likeness (QED) is 0.889. The Balaban J connectivity index is 2.20. The lowest BCUT2D eigenvalue weighted by Crippen LogP contribution is -2.22. The monoisotopic (exact) mass is 304 g/mol. The molecule has 0 heterocycles. The first kappa shape index (κ1) is 16.1. The van der Waals surface area contributed by atoms with Crippen LogP contribution in [0.2, 0.25) is 0 Å². The molecule has 0 aliphatic heterocycles. The van der Waals surface area contributed by atoms with Crippen LogP contribution < -0.4 is 10.6 Å². The first-order chi connectivity index (χ1) is 11.2. The fourth-order valence-corrected chi connectivity index (χ4v) is 2.20. The molecule has 0 atom stereocenters. The van der Waals surface area contributed by atoms with E-state index in [2.05, 4.69) is 22.8 Å². The number of amides is 1. The molecular weight excluding hydrogens is 288 g/mol. The summed E-state index contributed by atoms with van der Waals surface area (Å²) in [5.41, 5.74) is 2.83. The van der Waals surface area contributed by atoms with Crippen LogP contribution in [0.5, 0.6) is 0 Å². The molecule has 0 aromatic heterocycles. The van der Waals surface area contributed by atoms with E-state index >= 15 is 0 Å². The molecule has 2 aromatic carbocycles. The van der Waals surface area contributed by atoms with Gasteiger partial charge in [-0.15, -0.1) is 0 Å². The van der Waals surface area contributed by atoms with E-state index in [1.807, 2.05) is 19.1 Å². The lowest BCUT2D eigenvalue weighted by molar-refractivity contribution is 0.0955. The Morgan fingerprint density at radius 3 is 2.35 bits per heavy atom. The average molecular weight is 304 g/mol. The molecule has 2 N–H and O–H groups in total. The number of carbonyl (C=O) groups is 1. The second-order valence-corrected chi connectivity index (χ2v) is 4.87. The highest BCUT2D eigenvalue weighted by Crippen LogP contribution is 2.21. The Morgan fingerprint density at radius 2 is 1.74 bits per heavy atom. The van der Waals surface area contributed by atoms with Crippen LogP contribution in [0.1, 0.15) is 34.0 Å². The highest BCUT2D eigenvalue weighted by atomic mass is 16.1. The van der Waals surface area contributed by atoms with Gasteiger partial charge in [-0.3, -0.25) is 4.79 Å². The number of rotatable bonds is 5. The van der Waals surface area contributed by atoms with Gasteiger partial charge in [0.25, 0.3) is 5.91 Å². The smallest absolute Gasteiger partial charge is 0.251 e. The topological polar surface area (TPSA) is 88.7 Å². The zero-order valence-corrected chi connectivity index (χ0v) is 12.8. The molecule has 23 heavy (non-hydrogen) atoms. The number of para-hydroxylation sites is 1. The van der Waals surface area contributed by atoms with E-state index in [9.17, 15) is 4.79 Å². The average Bonchev–Trinajstić information content (AvgIpc) is 2.60. The zero-order valence-electron chi connectivity index (χ0n) is 12.8. The molecule has 0 spiro atoms. The number of nitriles is 2. The fourth-order valence-electron chi connectivity index (χ4n) is 2.20. The predicted molar refractivity (Wildman–Crippen MR) is 87.6 cm³/mol.